The first-order chi connectivity index (χ1) is 10.6. The second-order valence-corrected chi connectivity index (χ2v) is 5.65. The van der Waals surface area contributed by atoms with E-state index in [0.29, 0.717) is 23.7 Å². The highest BCUT2D eigenvalue weighted by Gasteiger charge is 2.42. The first-order valence-corrected chi connectivity index (χ1v) is 7.41. The average molecular weight is 308 g/mol. The molecule has 0 saturated heterocycles. The quantitative estimate of drug-likeness (QED) is 0.626. The Morgan fingerprint density at radius 1 is 1.55 bits per heavy atom. The zero-order valence-corrected chi connectivity index (χ0v) is 13.0. The number of likely N-dealkylation sites (N-methyl/N-ethyl adjacent to an activating group) is 1. The van der Waals surface area contributed by atoms with Gasteiger partial charge in [-0.2, -0.15) is 0 Å². The molecule has 1 aromatic rings. The van der Waals surface area contributed by atoms with Crippen molar-refractivity contribution < 1.29 is 19.1 Å². The normalized spacial score (nSPS) is 21.3. The monoisotopic (exact) mass is 308 g/mol. The minimum absolute atomic E-state index is 0.154. The van der Waals surface area contributed by atoms with Crippen LogP contribution in [0.2, 0.25) is 0 Å². The van der Waals surface area contributed by atoms with E-state index >= 15 is 0 Å². The smallest absolute Gasteiger partial charge is 0.232 e. The van der Waals surface area contributed by atoms with Crippen molar-refractivity contribution in [1.29, 1.82) is 0 Å². The van der Waals surface area contributed by atoms with E-state index in [9.17, 15) is 10.1 Å². The van der Waals surface area contributed by atoms with Crippen molar-refractivity contribution in [2.75, 3.05) is 27.5 Å². The maximum atomic E-state index is 11.5. The minimum atomic E-state index is -0.682. The van der Waals surface area contributed by atoms with Gasteiger partial charge < -0.3 is 14.2 Å². The lowest BCUT2D eigenvalue weighted by Crippen LogP contribution is -2.42. The van der Waals surface area contributed by atoms with Gasteiger partial charge in [0.2, 0.25) is 18.6 Å². The molecule has 0 radical (unpaired) electrons. The Balaban J connectivity index is 2.18. The molecule has 0 aliphatic carbocycles. The van der Waals surface area contributed by atoms with Crippen molar-refractivity contribution in [2.45, 2.75) is 31.8 Å². The highest BCUT2D eigenvalue weighted by atomic mass is 16.7. The molecule has 0 amide bonds. The summed E-state index contributed by atoms with van der Waals surface area (Å²) in [6.07, 6.45) is 1.27. The summed E-state index contributed by atoms with van der Waals surface area (Å²) in [7, 11) is 3.49. The van der Waals surface area contributed by atoms with Crippen LogP contribution in [0.3, 0.4) is 0 Å². The Hall–Kier alpha value is -2.02. The SMILES string of the molecule is CC[C@H]([C@@H]1c2c(cc3c(c2OC)OCO3)CCN1C)[N+](=O)[O-]. The van der Waals surface area contributed by atoms with E-state index in [1.807, 2.05) is 24.9 Å². The largest absolute Gasteiger partial charge is 0.492 e. The molecular weight excluding hydrogens is 288 g/mol. The van der Waals surface area contributed by atoms with Gasteiger partial charge in [0.25, 0.3) is 0 Å². The van der Waals surface area contributed by atoms with Gasteiger partial charge in [-0.15, -0.1) is 0 Å². The molecule has 0 spiro atoms. The summed E-state index contributed by atoms with van der Waals surface area (Å²) in [5.74, 6) is 1.79. The van der Waals surface area contributed by atoms with E-state index in [0.717, 1.165) is 24.1 Å². The highest BCUT2D eigenvalue weighted by molar-refractivity contribution is 5.62. The topological polar surface area (TPSA) is 74.1 Å². The van der Waals surface area contributed by atoms with Crippen LogP contribution in [-0.2, 0) is 6.42 Å². The van der Waals surface area contributed by atoms with Gasteiger partial charge in [-0.25, -0.2) is 0 Å². The number of nitrogens with zero attached hydrogens (tertiary/aromatic N) is 2. The van der Waals surface area contributed by atoms with E-state index in [1.165, 1.54) is 0 Å². The summed E-state index contributed by atoms with van der Waals surface area (Å²) in [6, 6.07) is 0.930. The molecule has 3 rings (SSSR count). The van der Waals surface area contributed by atoms with Gasteiger partial charge >= 0.3 is 0 Å². The zero-order valence-electron chi connectivity index (χ0n) is 13.0. The van der Waals surface area contributed by atoms with Crippen LogP contribution in [0.25, 0.3) is 0 Å². The molecule has 2 atom stereocenters. The summed E-state index contributed by atoms with van der Waals surface area (Å²) in [5, 5.41) is 11.5. The number of nitro groups is 1. The minimum Gasteiger partial charge on any atom is -0.492 e. The van der Waals surface area contributed by atoms with Crippen LogP contribution in [0.4, 0.5) is 0 Å². The second-order valence-electron chi connectivity index (χ2n) is 5.65. The molecule has 0 aromatic heterocycles. The van der Waals surface area contributed by atoms with E-state index in [1.54, 1.807) is 7.11 Å². The Labute approximate surface area is 128 Å². The first kappa shape index (κ1) is 14.9. The van der Waals surface area contributed by atoms with Crippen LogP contribution in [0.5, 0.6) is 17.2 Å². The van der Waals surface area contributed by atoms with Crippen LogP contribution < -0.4 is 14.2 Å². The number of methoxy groups -OCH3 is 1. The fourth-order valence-corrected chi connectivity index (χ4v) is 3.44. The van der Waals surface area contributed by atoms with Crippen LogP contribution in [0, 0.1) is 10.1 Å². The Kier molecular flexibility index (Phi) is 3.82. The second kappa shape index (κ2) is 5.64. The van der Waals surface area contributed by atoms with E-state index in [4.69, 9.17) is 14.2 Å². The van der Waals surface area contributed by atoms with Crippen LogP contribution in [0.1, 0.15) is 30.5 Å². The summed E-state index contributed by atoms with van der Waals surface area (Å²) in [4.78, 5) is 13.3. The average Bonchev–Trinajstić information content (AvgIpc) is 2.95. The fourth-order valence-electron chi connectivity index (χ4n) is 3.44. The molecule has 0 bridgehead atoms. The van der Waals surface area contributed by atoms with Gasteiger partial charge in [0, 0.05) is 23.5 Å². The number of hydrogen-bond acceptors (Lipinski definition) is 6. The number of rotatable bonds is 4. The molecular formula is C15H20N2O5. The van der Waals surface area contributed by atoms with Crippen LogP contribution in [0.15, 0.2) is 6.07 Å². The van der Waals surface area contributed by atoms with Crippen LogP contribution >= 0.6 is 0 Å². The molecule has 2 aliphatic heterocycles. The van der Waals surface area contributed by atoms with Crippen molar-refractivity contribution in [2.24, 2.45) is 0 Å². The number of hydrogen-bond donors (Lipinski definition) is 0. The lowest BCUT2D eigenvalue weighted by atomic mass is 9.86. The predicted molar refractivity (Wildman–Crippen MR) is 79.3 cm³/mol. The Morgan fingerprint density at radius 3 is 2.95 bits per heavy atom. The van der Waals surface area contributed by atoms with Gasteiger partial charge in [-0.05, 0) is 25.1 Å². The van der Waals surface area contributed by atoms with Gasteiger partial charge in [0.05, 0.1) is 7.11 Å². The van der Waals surface area contributed by atoms with Gasteiger partial charge in [0.15, 0.2) is 11.5 Å². The van der Waals surface area contributed by atoms with Gasteiger partial charge in [0.1, 0.15) is 6.04 Å². The standard InChI is InChI=1S/C15H20N2O5/c1-4-10(17(18)19)13-12-9(5-6-16(13)2)7-11-14(15(12)20-3)22-8-21-11/h7,10,13H,4-6,8H2,1-3H3/t10-,13-/m1/s1. The van der Waals surface area contributed by atoms with Crippen LogP contribution in [-0.4, -0.2) is 43.4 Å². The first-order valence-electron chi connectivity index (χ1n) is 7.41. The number of fused-ring (bicyclic) bond motifs is 2. The van der Waals surface area contributed by atoms with Gasteiger partial charge in [-0.1, -0.05) is 6.92 Å². The van der Waals surface area contributed by atoms with E-state index in [-0.39, 0.29) is 17.8 Å². The predicted octanol–water partition coefficient (Wildman–Crippen LogP) is 2.01. The van der Waals surface area contributed by atoms with E-state index < -0.39 is 6.04 Å². The molecule has 0 N–H and O–H groups in total. The number of ether oxygens (including phenoxy) is 3. The molecule has 120 valence electrons. The van der Waals surface area contributed by atoms with Crippen molar-refractivity contribution in [3.8, 4) is 17.2 Å². The summed E-state index contributed by atoms with van der Waals surface area (Å²) >= 11 is 0. The molecule has 0 unspecified atom stereocenters. The highest BCUT2D eigenvalue weighted by Crippen LogP contribution is 2.50. The molecule has 2 heterocycles. The van der Waals surface area contributed by atoms with Crippen molar-refractivity contribution in [3.05, 3.63) is 27.3 Å². The molecule has 1 aromatic carbocycles. The molecule has 22 heavy (non-hydrogen) atoms. The molecule has 0 fully saturated rings. The van der Waals surface area contributed by atoms with Gasteiger partial charge in [-0.3, -0.25) is 15.0 Å². The molecule has 0 saturated carbocycles. The van der Waals surface area contributed by atoms with E-state index in [2.05, 4.69) is 0 Å². The third-order valence-corrected chi connectivity index (χ3v) is 4.51. The molecule has 7 nitrogen and oxygen atoms in total. The maximum Gasteiger partial charge on any atom is 0.232 e. The maximum absolute atomic E-state index is 11.5. The lowest BCUT2D eigenvalue weighted by molar-refractivity contribution is -0.532. The third-order valence-electron chi connectivity index (χ3n) is 4.51. The Morgan fingerprint density at radius 2 is 2.32 bits per heavy atom. The summed E-state index contributed by atoms with van der Waals surface area (Å²) in [6.45, 7) is 2.77. The number of benzene rings is 1. The lowest BCUT2D eigenvalue weighted by Gasteiger charge is -2.36. The Bertz CT molecular complexity index is 604. The van der Waals surface area contributed by atoms with Crippen molar-refractivity contribution in [3.63, 3.8) is 0 Å². The molecule has 2 aliphatic rings. The zero-order chi connectivity index (χ0) is 15.9. The van der Waals surface area contributed by atoms with Crippen molar-refractivity contribution in [1.82, 2.24) is 4.90 Å². The van der Waals surface area contributed by atoms with Crippen molar-refractivity contribution >= 4 is 0 Å². The summed E-state index contributed by atoms with van der Waals surface area (Å²) < 4.78 is 16.5. The fraction of sp³-hybridized carbons (Fsp3) is 0.600. The summed E-state index contributed by atoms with van der Waals surface area (Å²) in [5.41, 5.74) is 1.91. The molecule has 7 heteroatoms. The third kappa shape index (κ3) is 2.16.